The molecule has 128 valence electrons. The summed E-state index contributed by atoms with van der Waals surface area (Å²) in [7, 11) is 0. The van der Waals surface area contributed by atoms with Gasteiger partial charge < -0.3 is 14.8 Å². The van der Waals surface area contributed by atoms with Crippen LogP contribution in [-0.4, -0.2) is 18.6 Å². The van der Waals surface area contributed by atoms with Gasteiger partial charge >= 0.3 is 6.61 Å². The van der Waals surface area contributed by atoms with Crippen molar-refractivity contribution in [2.24, 2.45) is 0 Å². The number of halogens is 3. The molecule has 1 unspecified atom stereocenters. The predicted molar refractivity (Wildman–Crippen MR) is 86.5 cm³/mol. The Kier molecular flexibility index (Phi) is 6.37. The molecule has 0 aliphatic carbocycles. The Labute approximate surface area is 143 Å². The SMILES string of the molecule is CC(Oc1cccc(Cl)c1)C(=O)NCc1ccccc1OC(F)F. The van der Waals surface area contributed by atoms with Crippen molar-refractivity contribution in [2.75, 3.05) is 0 Å². The number of carbonyl (C=O) groups is 1. The summed E-state index contributed by atoms with van der Waals surface area (Å²) in [6.45, 7) is -1.30. The Morgan fingerprint density at radius 2 is 1.92 bits per heavy atom. The maximum Gasteiger partial charge on any atom is 0.387 e. The molecule has 0 radical (unpaired) electrons. The van der Waals surface area contributed by atoms with E-state index in [4.69, 9.17) is 16.3 Å². The van der Waals surface area contributed by atoms with Crippen LogP contribution in [0.15, 0.2) is 48.5 Å². The first-order valence-electron chi connectivity index (χ1n) is 7.18. The van der Waals surface area contributed by atoms with E-state index >= 15 is 0 Å². The van der Waals surface area contributed by atoms with Gasteiger partial charge in [0.05, 0.1) is 0 Å². The van der Waals surface area contributed by atoms with Crippen molar-refractivity contribution >= 4 is 17.5 Å². The van der Waals surface area contributed by atoms with Crippen molar-refractivity contribution in [1.82, 2.24) is 5.32 Å². The minimum atomic E-state index is -2.92. The lowest BCUT2D eigenvalue weighted by Crippen LogP contribution is -2.36. The Hall–Kier alpha value is -2.34. The van der Waals surface area contributed by atoms with Gasteiger partial charge in [0.1, 0.15) is 11.5 Å². The van der Waals surface area contributed by atoms with Gasteiger partial charge in [0.25, 0.3) is 5.91 Å². The zero-order valence-corrected chi connectivity index (χ0v) is 13.6. The van der Waals surface area contributed by atoms with E-state index in [0.717, 1.165) is 0 Å². The molecular formula is C17H16ClF2NO3. The molecule has 2 aromatic rings. The van der Waals surface area contributed by atoms with Gasteiger partial charge in [-0.25, -0.2) is 0 Å². The first kappa shape index (κ1) is 18.0. The van der Waals surface area contributed by atoms with Crippen LogP contribution in [0.2, 0.25) is 5.02 Å². The van der Waals surface area contributed by atoms with E-state index in [1.807, 2.05) is 0 Å². The number of nitrogens with one attached hydrogen (secondary N) is 1. The van der Waals surface area contributed by atoms with E-state index in [0.29, 0.717) is 16.3 Å². The molecule has 0 saturated heterocycles. The summed E-state index contributed by atoms with van der Waals surface area (Å²) in [6.07, 6.45) is -0.772. The van der Waals surface area contributed by atoms with E-state index in [-0.39, 0.29) is 18.2 Å². The third kappa shape index (κ3) is 5.38. The lowest BCUT2D eigenvalue weighted by Gasteiger charge is -2.16. The van der Waals surface area contributed by atoms with Crippen molar-refractivity contribution in [2.45, 2.75) is 26.2 Å². The summed E-state index contributed by atoms with van der Waals surface area (Å²) in [4.78, 5) is 12.1. The zero-order valence-electron chi connectivity index (χ0n) is 12.8. The number of benzene rings is 2. The average Bonchev–Trinajstić information content (AvgIpc) is 2.53. The van der Waals surface area contributed by atoms with Crippen molar-refractivity contribution in [3.05, 3.63) is 59.1 Å². The molecule has 24 heavy (non-hydrogen) atoms. The summed E-state index contributed by atoms with van der Waals surface area (Å²) < 4.78 is 34.6. The van der Waals surface area contributed by atoms with Crippen LogP contribution in [0.5, 0.6) is 11.5 Å². The number of carbonyl (C=O) groups excluding carboxylic acids is 1. The second kappa shape index (κ2) is 8.49. The highest BCUT2D eigenvalue weighted by molar-refractivity contribution is 6.30. The first-order valence-corrected chi connectivity index (χ1v) is 7.56. The maximum atomic E-state index is 12.4. The van der Waals surface area contributed by atoms with Crippen LogP contribution < -0.4 is 14.8 Å². The summed E-state index contributed by atoms with van der Waals surface area (Å²) in [5.74, 6) is 0.102. The lowest BCUT2D eigenvalue weighted by molar-refractivity contribution is -0.127. The standard InChI is InChI=1S/C17H16ClF2NO3/c1-11(23-14-7-4-6-13(18)9-14)16(22)21-10-12-5-2-3-8-15(12)24-17(19)20/h2-9,11,17H,10H2,1H3,(H,21,22). The van der Waals surface area contributed by atoms with Crippen LogP contribution in [-0.2, 0) is 11.3 Å². The fourth-order valence-electron chi connectivity index (χ4n) is 1.98. The quantitative estimate of drug-likeness (QED) is 0.815. The van der Waals surface area contributed by atoms with Gasteiger partial charge in [-0.1, -0.05) is 35.9 Å². The van der Waals surface area contributed by atoms with Gasteiger partial charge in [-0.3, -0.25) is 4.79 Å². The van der Waals surface area contributed by atoms with Gasteiger partial charge in [0, 0.05) is 17.1 Å². The number of alkyl halides is 2. The molecule has 1 N–H and O–H groups in total. The van der Waals surface area contributed by atoms with Crippen LogP contribution in [0, 0.1) is 0 Å². The third-order valence-corrected chi connectivity index (χ3v) is 3.35. The van der Waals surface area contributed by atoms with Crippen LogP contribution in [0.25, 0.3) is 0 Å². The molecule has 0 aliphatic heterocycles. The Balaban J connectivity index is 1.93. The Bertz CT molecular complexity index is 697. The molecule has 0 fully saturated rings. The molecule has 0 aliphatic rings. The highest BCUT2D eigenvalue weighted by atomic mass is 35.5. The van der Waals surface area contributed by atoms with Crippen LogP contribution in [0.1, 0.15) is 12.5 Å². The molecule has 4 nitrogen and oxygen atoms in total. The molecule has 0 heterocycles. The summed E-state index contributed by atoms with van der Waals surface area (Å²) in [6, 6.07) is 12.9. The van der Waals surface area contributed by atoms with E-state index in [1.165, 1.54) is 6.07 Å². The van der Waals surface area contributed by atoms with Crippen LogP contribution in [0.3, 0.4) is 0 Å². The third-order valence-electron chi connectivity index (χ3n) is 3.12. The molecule has 1 atom stereocenters. The van der Waals surface area contributed by atoms with Crippen LogP contribution >= 0.6 is 11.6 Å². The fourth-order valence-corrected chi connectivity index (χ4v) is 2.17. The molecule has 0 saturated carbocycles. The maximum absolute atomic E-state index is 12.4. The van der Waals surface area contributed by atoms with Gasteiger partial charge in [0.15, 0.2) is 6.10 Å². The minimum absolute atomic E-state index is 0.0243. The molecule has 2 rings (SSSR count). The number of hydrogen-bond acceptors (Lipinski definition) is 3. The second-order valence-electron chi connectivity index (χ2n) is 4.92. The van der Waals surface area contributed by atoms with E-state index in [1.54, 1.807) is 49.4 Å². The highest BCUT2D eigenvalue weighted by Crippen LogP contribution is 2.21. The van der Waals surface area contributed by atoms with Gasteiger partial charge in [-0.05, 0) is 31.2 Å². The number of para-hydroxylation sites is 1. The summed E-state index contributed by atoms with van der Waals surface area (Å²) in [5, 5.41) is 3.12. The zero-order chi connectivity index (χ0) is 17.5. The Morgan fingerprint density at radius 1 is 1.17 bits per heavy atom. The van der Waals surface area contributed by atoms with Crippen molar-refractivity contribution < 1.29 is 23.0 Å². The van der Waals surface area contributed by atoms with E-state index in [2.05, 4.69) is 10.1 Å². The van der Waals surface area contributed by atoms with Crippen molar-refractivity contribution in [3.63, 3.8) is 0 Å². The molecular weight excluding hydrogens is 340 g/mol. The fraction of sp³-hybridized carbons (Fsp3) is 0.235. The van der Waals surface area contributed by atoms with Gasteiger partial charge in [0.2, 0.25) is 0 Å². The lowest BCUT2D eigenvalue weighted by atomic mass is 10.2. The normalized spacial score (nSPS) is 11.9. The van der Waals surface area contributed by atoms with Crippen molar-refractivity contribution in [1.29, 1.82) is 0 Å². The molecule has 2 aromatic carbocycles. The number of amides is 1. The highest BCUT2D eigenvalue weighted by Gasteiger charge is 2.16. The summed E-state index contributed by atoms with van der Waals surface area (Å²) >= 11 is 5.85. The van der Waals surface area contributed by atoms with Gasteiger partial charge in [-0.2, -0.15) is 8.78 Å². The topological polar surface area (TPSA) is 47.6 Å². The minimum Gasteiger partial charge on any atom is -0.481 e. The first-order chi connectivity index (χ1) is 11.5. The Morgan fingerprint density at radius 3 is 2.62 bits per heavy atom. The monoisotopic (exact) mass is 355 g/mol. The van der Waals surface area contributed by atoms with Crippen LogP contribution in [0.4, 0.5) is 8.78 Å². The number of ether oxygens (including phenoxy) is 2. The number of hydrogen-bond donors (Lipinski definition) is 1. The smallest absolute Gasteiger partial charge is 0.387 e. The molecule has 0 aromatic heterocycles. The van der Waals surface area contributed by atoms with Gasteiger partial charge in [-0.15, -0.1) is 0 Å². The molecule has 1 amide bonds. The summed E-state index contributed by atoms with van der Waals surface area (Å²) in [5.41, 5.74) is 0.445. The molecule has 7 heteroatoms. The average molecular weight is 356 g/mol. The van der Waals surface area contributed by atoms with Crippen molar-refractivity contribution in [3.8, 4) is 11.5 Å². The predicted octanol–water partition coefficient (Wildman–Crippen LogP) is 4.03. The molecule has 0 bridgehead atoms. The largest absolute Gasteiger partial charge is 0.481 e. The molecule has 0 spiro atoms. The van der Waals surface area contributed by atoms with E-state index in [9.17, 15) is 13.6 Å². The second-order valence-corrected chi connectivity index (χ2v) is 5.36. The van der Waals surface area contributed by atoms with E-state index < -0.39 is 12.7 Å². The number of rotatable bonds is 7.